The summed E-state index contributed by atoms with van der Waals surface area (Å²) in [7, 11) is 0. The molecule has 0 bridgehead atoms. The molecule has 1 heterocycles. The Morgan fingerprint density at radius 1 is 1.60 bits per heavy atom. The maximum Gasteiger partial charge on any atom is 0.287 e. The molecule has 0 aromatic carbocycles. The highest BCUT2D eigenvalue weighted by Gasteiger charge is 2.09. The van der Waals surface area contributed by atoms with E-state index in [-0.39, 0.29) is 23.0 Å². The average molecular weight is 232 g/mol. The zero-order valence-corrected chi connectivity index (χ0v) is 9.50. The van der Waals surface area contributed by atoms with Crippen molar-refractivity contribution in [3.8, 4) is 0 Å². The molecule has 0 saturated carbocycles. The van der Waals surface area contributed by atoms with Crippen LogP contribution in [-0.2, 0) is 4.74 Å². The van der Waals surface area contributed by atoms with E-state index in [2.05, 4.69) is 5.32 Å². The van der Waals surface area contributed by atoms with E-state index >= 15 is 0 Å². The van der Waals surface area contributed by atoms with Gasteiger partial charge in [0.05, 0.1) is 12.7 Å². The van der Waals surface area contributed by atoms with E-state index in [1.807, 2.05) is 13.8 Å². The van der Waals surface area contributed by atoms with Crippen LogP contribution >= 0.6 is 11.6 Å². The van der Waals surface area contributed by atoms with Gasteiger partial charge in [0, 0.05) is 6.54 Å². The van der Waals surface area contributed by atoms with Crippen LogP contribution in [0.5, 0.6) is 0 Å². The Morgan fingerprint density at radius 3 is 2.87 bits per heavy atom. The number of furan rings is 1. The van der Waals surface area contributed by atoms with Gasteiger partial charge in [-0.1, -0.05) is 0 Å². The molecule has 4 nitrogen and oxygen atoms in total. The number of halogens is 1. The van der Waals surface area contributed by atoms with E-state index in [1.165, 1.54) is 12.1 Å². The molecular formula is C10H14ClNO3. The number of carbonyl (C=O) groups is 1. The summed E-state index contributed by atoms with van der Waals surface area (Å²) in [5.41, 5.74) is 0. The second-order valence-electron chi connectivity index (χ2n) is 3.28. The summed E-state index contributed by atoms with van der Waals surface area (Å²) in [6.45, 7) is 4.81. The lowest BCUT2D eigenvalue weighted by atomic mass is 10.4. The van der Waals surface area contributed by atoms with Crippen LogP contribution in [0.15, 0.2) is 16.5 Å². The number of carbonyl (C=O) groups excluding carboxylic acids is 1. The van der Waals surface area contributed by atoms with Crippen molar-refractivity contribution in [1.29, 1.82) is 0 Å². The second kappa shape index (κ2) is 5.78. The summed E-state index contributed by atoms with van der Waals surface area (Å²) in [5.74, 6) is -0.0706. The molecule has 0 fully saturated rings. The van der Waals surface area contributed by atoms with E-state index in [0.29, 0.717) is 13.2 Å². The van der Waals surface area contributed by atoms with Gasteiger partial charge in [0.15, 0.2) is 11.0 Å². The summed E-state index contributed by atoms with van der Waals surface area (Å²) < 4.78 is 10.2. The molecule has 1 rings (SSSR count). The number of ether oxygens (including phenoxy) is 1. The summed E-state index contributed by atoms with van der Waals surface area (Å²) in [6.07, 6.45) is 0.167. The Morgan fingerprint density at radius 2 is 2.33 bits per heavy atom. The first-order valence-corrected chi connectivity index (χ1v) is 5.12. The molecule has 0 radical (unpaired) electrons. The molecule has 0 atom stereocenters. The van der Waals surface area contributed by atoms with Gasteiger partial charge in [-0.2, -0.15) is 0 Å². The van der Waals surface area contributed by atoms with E-state index < -0.39 is 0 Å². The Balaban J connectivity index is 2.25. The van der Waals surface area contributed by atoms with Crippen LogP contribution in [0, 0.1) is 0 Å². The van der Waals surface area contributed by atoms with Crippen molar-refractivity contribution in [3.05, 3.63) is 23.1 Å². The fraction of sp³-hybridized carbons (Fsp3) is 0.500. The third-order valence-electron chi connectivity index (χ3n) is 1.64. The predicted octanol–water partition coefficient (Wildman–Crippen LogP) is 2.09. The smallest absolute Gasteiger partial charge is 0.287 e. The van der Waals surface area contributed by atoms with Gasteiger partial charge in [0.2, 0.25) is 0 Å². The van der Waals surface area contributed by atoms with Crippen molar-refractivity contribution in [1.82, 2.24) is 5.32 Å². The summed E-state index contributed by atoms with van der Waals surface area (Å²) >= 11 is 5.54. The normalized spacial score (nSPS) is 10.7. The summed E-state index contributed by atoms with van der Waals surface area (Å²) in [5, 5.41) is 2.86. The van der Waals surface area contributed by atoms with Crippen LogP contribution in [-0.4, -0.2) is 25.2 Å². The SMILES string of the molecule is CC(C)OCCNC(=O)c1ccc(Cl)o1. The third kappa shape index (κ3) is 4.36. The number of hydrogen-bond acceptors (Lipinski definition) is 3. The van der Waals surface area contributed by atoms with E-state index in [1.54, 1.807) is 0 Å². The van der Waals surface area contributed by atoms with Gasteiger partial charge < -0.3 is 14.5 Å². The molecule has 1 N–H and O–H groups in total. The van der Waals surface area contributed by atoms with Gasteiger partial charge in [0.25, 0.3) is 5.91 Å². The Hall–Kier alpha value is -1.00. The molecule has 0 aliphatic carbocycles. The highest BCUT2D eigenvalue weighted by molar-refractivity contribution is 6.29. The minimum atomic E-state index is -0.283. The lowest BCUT2D eigenvalue weighted by Crippen LogP contribution is -2.27. The first-order chi connectivity index (χ1) is 7.09. The van der Waals surface area contributed by atoms with Crippen molar-refractivity contribution in [2.24, 2.45) is 0 Å². The highest BCUT2D eigenvalue weighted by atomic mass is 35.5. The van der Waals surface area contributed by atoms with E-state index in [0.717, 1.165) is 0 Å². The molecule has 15 heavy (non-hydrogen) atoms. The quantitative estimate of drug-likeness (QED) is 0.790. The van der Waals surface area contributed by atoms with Gasteiger partial charge in [-0.3, -0.25) is 4.79 Å². The first-order valence-electron chi connectivity index (χ1n) is 4.74. The van der Waals surface area contributed by atoms with Crippen LogP contribution in [0.4, 0.5) is 0 Å². The van der Waals surface area contributed by atoms with Gasteiger partial charge >= 0.3 is 0 Å². The van der Waals surface area contributed by atoms with Gasteiger partial charge in [-0.05, 0) is 37.6 Å². The topological polar surface area (TPSA) is 51.5 Å². The summed E-state index contributed by atoms with van der Waals surface area (Å²) in [4.78, 5) is 11.4. The summed E-state index contributed by atoms with van der Waals surface area (Å²) in [6, 6.07) is 3.06. The molecule has 0 aliphatic heterocycles. The Kier molecular flexibility index (Phi) is 4.65. The molecule has 0 unspecified atom stereocenters. The Labute approximate surface area is 93.5 Å². The van der Waals surface area contributed by atoms with Crippen LogP contribution in [0.25, 0.3) is 0 Å². The molecule has 1 amide bonds. The number of hydrogen-bond donors (Lipinski definition) is 1. The van der Waals surface area contributed by atoms with Gasteiger partial charge in [-0.25, -0.2) is 0 Å². The van der Waals surface area contributed by atoms with Gasteiger partial charge in [0.1, 0.15) is 0 Å². The zero-order chi connectivity index (χ0) is 11.3. The van der Waals surface area contributed by atoms with Crippen LogP contribution in [0.3, 0.4) is 0 Å². The molecule has 1 aromatic heterocycles. The average Bonchev–Trinajstić information content (AvgIpc) is 2.59. The standard InChI is InChI=1S/C10H14ClNO3/c1-7(2)14-6-5-12-10(13)8-3-4-9(11)15-8/h3-4,7H,5-6H2,1-2H3,(H,12,13). The maximum atomic E-state index is 11.4. The lowest BCUT2D eigenvalue weighted by molar-refractivity contribution is 0.0736. The van der Waals surface area contributed by atoms with Crippen molar-refractivity contribution in [2.75, 3.05) is 13.2 Å². The molecule has 84 valence electrons. The predicted molar refractivity (Wildman–Crippen MR) is 57.1 cm³/mol. The molecule has 0 aliphatic rings. The third-order valence-corrected chi connectivity index (χ3v) is 1.84. The minimum absolute atomic E-state index is 0.167. The Bertz CT molecular complexity index is 322. The number of rotatable bonds is 5. The van der Waals surface area contributed by atoms with Crippen LogP contribution in [0.2, 0.25) is 5.22 Å². The van der Waals surface area contributed by atoms with Crippen molar-refractivity contribution in [3.63, 3.8) is 0 Å². The highest BCUT2D eigenvalue weighted by Crippen LogP contribution is 2.12. The minimum Gasteiger partial charge on any atom is -0.440 e. The molecular weight excluding hydrogens is 218 g/mol. The molecule has 5 heteroatoms. The monoisotopic (exact) mass is 231 g/mol. The molecule has 1 aromatic rings. The van der Waals surface area contributed by atoms with Crippen molar-refractivity contribution in [2.45, 2.75) is 20.0 Å². The van der Waals surface area contributed by atoms with E-state index in [4.69, 9.17) is 20.8 Å². The lowest BCUT2D eigenvalue weighted by Gasteiger charge is -2.07. The fourth-order valence-electron chi connectivity index (χ4n) is 0.983. The van der Waals surface area contributed by atoms with Crippen LogP contribution in [0.1, 0.15) is 24.4 Å². The van der Waals surface area contributed by atoms with Crippen LogP contribution < -0.4 is 5.32 Å². The molecule has 0 saturated heterocycles. The second-order valence-corrected chi connectivity index (χ2v) is 3.65. The van der Waals surface area contributed by atoms with Crippen molar-refractivity contribution < 1.29 is 13.9 Å². The fourth-order valence-corrected chi connectivity index (χ4v) is 1.13. The maximum absolute atomic E-state index is 11.4. The molecule has 0 spiro atoms. The number of amides is 1. The van der Waals surface area contributed by atoms with Gasteiger partial charge in [-0.15, -0.1) is 0 Å². The first kappa shape index (κ1) is 12.1. The zero-order valence-electron chi connectivity index (χ0n) is 8.75. The van der Waals surface area contributed by atoms with E-state index in [9.17, 15) is 4.79 Å². The number of nitrogens with one attached hydrogen (secondary N) is 1. The largest absolute Gasteiger partial charge is 0.440 e. The van der Waals surface area contributed by atoms with Crippen molar-refractivity contribution >= 4 is 17.5 Å².